The lowest BCUT2D eigenvalue weighted by atomic mass is 10.2. The van der Waals surface area contributed by atoms with Crippen LogP contribution in [0.3, 0.4) is 0 Å². The molecule has 0 saturated carbocycles. The standard InChI is InChI=1S/C10H24N4O4S/c1-9(2)8-12-19(16,17)14(6-7-18-3)5-4-10(11)13-15/h9,12,15H,4-8H2,1-3H3,(H2,11,13). The van der Waals surface area contributed by atoms with Gasteiger partial charge in [0.1, 0.15) is 5.84 Å². The molecule has 0 saturated heterocycles. The van der Waals surface area contributed by atoms with Crippen LogP contribution in [-0.4, -0.2) is 57.1 Å². The first kappa shape index (κ1) is 18.1. The Morgan fingerprint density at radius 3 is 2.58 bits per heavy atom. The fraction of sp³-hybridized carbons (Fsp3) is 0.900. The van der Waals surface area contributed by atoms with Crippen molar-refractivity contribution in [2.24, 2.45) is 16.8 Å². The van der Waals surface area contributed by atoms with E-state index < -0.39 is 10.2 Å². The topological polar surface area (TPSA) is 117 Å². The number of rotatable bonds is 10. The van der Waals surface area contributed by atoms with Crippen molar-refractivity contribution in [3.05, 3.63) is 0 Å². The molecule has 9 heteroatoms. The van der Waals surface area contributed by atoms with Crippen LogP contribution in [0.15, 0.2) is 5.16 Å². The van der Waals surface area contributed by atoms with Crippen LogP contribution < -0.4 is 10.5 Å². The lowest BCUT2D eigenvalue weighted by molar-refractivity contribution is 0.179. The molecule has 0 heterocycles. The molecule has 0 rings (SSSR count). The van der Waals surface area contributed by atoms with Gasteiger partial charge in [0.15, 0.2) is 0 Å². The van der Waals surface area contributed by atoms with Gasteiger partial charge >= 0.3 is 0 Å². The van der Waals surface area contributed by atoms with Crippen LogP contribution in [0, 0.1) is 5.92 Å². The molecule has 0 aromatic carbocycles. The fourth-order valence-corrected chi connectivity index (χ4v) is 2.57. The summed E-state index contributed by atoms with van der Waals surface area (Å²) in [6.45, 7) is 4.81. The second kappa shape index (κ2) is 9.08. The predicted octanol–water partition coefficient (Wildman–Crippen LogP) is -0.438. The van der Waals surface area contributed by atoms with Gasteiger partial charge in [-0.15, -0.1) is 0 Å². The van der Waals surface area contributed by atoms with Crippen molar-refractivity contribution in [3.63, 3.8) is 0 Å². The molecule has 0 aliphatic heterocycles. The molecule has 8 nitrogen and oxygen atoms in total. The highest BCUT2D eigenvalue weighted by Gasteiger charge is 2.21. The number of hydrogen-bond donors (Lipinski definition) is 3. The van der Waals surface area contributed by atoms with E-state index in [-0.39, 0.29) is 37.9 Å². The molecule has 0 aliphatic rings. The van der Waals surface area contributed by atoms with Gasteiger partial charge in [-0.3, -0.25) is 0 Å². The average Bonchev–Trinajstić information content (AvgIpc) is 2.35. The lowest BCUT2D eigenvalue weighted by Gasteiger charge is -2.22. The maximum absolute atomic E-state index is 12.1. The summed E-state index contributed by atoms with van der Waals surface area (Å²) < 4.78 is 32.7. The molecule has 0 fully saturated rings. The van der Waals surface area contributed by atoms with Gasteiger partial charge < -0.3 is 15.7 Å². The van der Waals surface area contributed by atoms with Crippen molar-refractivity contribution in [2.45, 2.75) is 20.3 Å². The van der Waals surface area contributed by atoms with Gasteiger partial charge in [0.2, 0.25) is 0 Å². The van der Waals surface area contributed by atoms with Crippen LogP contribution in [0.1, 0.15) is 20.3 Å². The minimum atomic E-state index is -3.58. The summed E-state index contributed by atoms with van der Waals surface area (Å²) in [5.41, 5.74) is 5.34. The molecule has 0 aliphatic carbocycles. The number of amidine groups is 1. The van der Waals surface area contributed by atoms with E-state index in [2.05, 4.69) is 9.88 Å². The highest BCUT2D eigenvalue weighted by Crippen LogP contribution is 2.01. The minimum absolute atomic E-state index is 0.0125. The fourth-order valence-electron chi connectivity index (χ4n) is 1.20. The van der Waals surface area contributed by atoms with Crippen LogP contribution in [0.4, 0.5) is 0 Å². The van der Waals surface area contributed by atoms with Gasteiger partial charge in [-0.2, -0.15) is 12.7 Å². The van der Waals surface area contributed by atoms with Gasteiger partial charge in [-0.25, -0.2) is 4.72 Å². The Morgan fingerprint density at radius 1 is 1.47 bits per heavy atom. The van der Waals surface area contributed by atoms with Crippen LogP contribution in [0.5, 0.6) is 0 Å². The Balaban J connectivity index is 4.61. The largest absolute Gasteiger partial charge is 0.409 e. The molecule has 19 heavy (non-hydrogen) atoms. The summed E-state index contributed by atoms with van der Waals surface area (Å²) in [5.74, 6) is 0.199. The van der Waals surface area contributed by atoms with Gasteiger partial charge in [0.25, 0.3) is 10.2 Å². The Hall–Kier alpha value is -0.900. The third kappa shape index (κ3) is 7.98. The van der Waals surface area contributed by atoms with E-state index >= 15 is 0 Å². The number of hydrogen-bond acceptors (Lipinski definition) is 5. The number of methoxy groups -OCH3 is 1. The summed E-state index contributed by atoms with van der Waals surface area (Å²) in [4.78, 5) is 0. The summed E-state index contributed by atoms with van der Waals surface area (Å²) >= 11 is 0. The molecule has 4 N–H and O–H groups in total. The van der Waals surface area contributed by atoms with E-state index in [1.807, 2.05) is 13.8 Å². The normalized spacial score (nSPS) is 13.4. The highest BCUT2D eigenvalue weighted by atomic mass is 32.2. The van der Waals surface area contributed by atoms with Gasteiger partial charge in [-0.05, 0) is 5.92 Å². The number of oxime groups is 1. The number of nitrogens with zero attached hydrogens (tertiary/aromatic N) is 2. The van der Waals surface area contributed by atoms with E-state index in [0.29, 0.717) is 6.54 Å². The van der Waals surface area contributed by atoms with Crippen molar-refractivity contribution in [2.75, 3.05) is 33.4 Å². The minimum Gasteiger partial charge on any atom is -0.409 e. The number of ether oxygens (including phenoxy) is 1. The van der Waals surface area contributed by atoms with Crippen molar-refractivity contribution in [1.82, 2.24) is 9.03 Å². The number of nitrogens with two attached hydrogens (primary N) is 1. The SMILES string of the molecule is COCCN(CCC(N)=NO)S(=O)(=O)NCC(C)C. The molecule has 0 atom stereocenters. The molecule has 114 valence electrons. The molecule has 0 amide bonds. The quantitative estimate of drug-likeness (QED) is 0.219. The molecular weight excluding hydrogens is 272 g/mol. The predicted molar refractivity (Wildman–Crippen MR) is 73.2 cm³/mol. The van der Waals surface area contributed by atoms with Gasteiger partial charge in [-0.1, -0.05) is 19.0 Å². The molecule has 0 spiro atoms. The van der Waals surface area contributed by atoms with Gasteiger partial charge in [0.05, 0.1) is 6.61 Å². The smallest absolute Gasteiger partial charge is 0.279 e. The first-order chi connectivity index (χ1) is 8.83. The van der Waals surface area contributed by atoms with Crippen molar-refractivity contribution < 1.29 is 18.4 Å². The van der Waals surface area contributed by atoms with E-state index in [4.69, 9.17) is 15.7 Å². The maximum Gasteiger partial charge on any atom is 0.279 e. The van der Waals surface area contributed by atoms with Crippen molar-refractivity contribution in [3.8, 4) is 0 Å². The maximum atomic E-state index is 12.1. The first-order valence-electron chi connectivity index (χ1n) is 6.03. The van der Waals surface area contributed by atoms with Crippen LogP contribution in [0.25, 0.3) is 0 Å². The number of nitrogens with one attached hydrogen (secondary N) is 1. The van der Waals surface area contributed by atoms with E-state index in [9.17, 15) is 8.42 Å². The monoisotopic (exact) mass is 296 g/mol. The molecule has 0 radical (unpaired) electrons. The van der Waals surface area contributed by atoms with E-state index in [1.54, 1.807) is 0 Å². The van der Waals surface area contributed by atoms with Crippen molar-refractivity contribution in [1.29, 1.82) is 0 Å². The lowest BCUT2D eigenvalue weighted by Crippen LogP contribution is -2.44. The zero-order valence-corrected chi connectivity index (χ0v) is 12.5. The van der Waals surface area contributed by atoms with E-state index in [1.165, 1.54) is 11.4 Å². The second-order valence-electron chi connectivity index (χ2n) is 4.48. The third-order valence-corrected chi connectivity index (χ3v) is 3.88. The Morgan fingerprint density at radius 2 is 2.11 bits per heavy atom. The second-order valence-corrected chi connectivity index (χ2v) is 6.24. The van der Waals surface area contributed by atoms with Gasteiger partial charge in [0, 0.05) is 33.2 Å². The Labute approximate surface area is 114 Å². The molecule has 0 aromatic rings. The Bertz CT molecular complexity index is 370. The molecule has 0 bridgehead atoms. The zero-order valence-electron chi connectivity index (χ0n) is 11.7. The molecule has 0 aromatic heterocycles. The van der Waals surface area contributed by atoms with Crippen LogP contribution in [-0.2, 0) is 14.9 Å². The zero-order chi connectivity index (χ0) is 14.9. The average molecular weight is 296 g/mol. The summed E-state index contributed by atoms with van der Waals surface area (Å²) in [6, 6.07) is 0. The summed E-state index contributed by atoms with van der Waals surface area (Å²) in [7, 11) is -2.09. The molecule has 0 unspecified atom stereocenters. The van der Waals surface area contributed by atoms with E-state index in [0.717, 1.165) is 0 Å². The summed E-state index contributed by atoms with van der Waals surface area (Å²) in [6.07, 6.45) is 0.156. The third-order valence-electron chi connectivity index (χ3n) is 2.30. The molecular formula is C10H24N4O4S. The Kier molecular flexibility index (Phi) is 8.65. The first-order valence-corrected chi connectivity index (χ1v) is 7.47. The van der Waals surface area contributed by atoms with Crippen LogP contribution in [0.2, 0.25) is 0 Å². The van der Waals surface area contributed by atoms with Crippen LogP contribution >= 0.6 is 0 Å². The summed E-state index contributed by atoms with van der Waals surface area (Å²) in [5, 5.41) is 11.3. The van der Waals surface area contributed by atoms with Crippen molar-refractivity contribution >= 4 is 16.0 Å². The highest BCUT2D eigenvalue weighted by molar-refractivity contribution is 7.87.